The van der Waals surface area contributed by atoms with Crippen LogP contribution in [0.4, 0.5) is 13.2 Å². The fourth-order valence-electron chi connectivity index (χ4n) is 1.17. The highest BCUT2D eigenvalue weighted by molar-refractivity contribution is 5.27. The lowest BCUT2D eigenvalue weighted by atomic mass is 10.0. The summed E-state index contributed by atoms with van der Waals surface area (Å²) in [5.41, 5.74) is 1.11. The second-order valence-corrected chi connectivity index (χ2v) is 3.18. The van der Waals surface area contributed by atoms with Crippen LogP contribution in [0.1, 0.15) is 11.1 Å². The van der Waals surface area contributed by atoms with Gasteiger partial charge in [0.05, 0.1) is 0 Å². The van der Waals surface area contributed by atoms with Crippen LogP contribution in [0.3, 0.4) is 0 Å². The first-order chi connectivity index (χ1) is 6.50. The molecular weight excluding hydrogens is 193 g/mol. The summed E-state index contributed by atoms with van der Waals surface area (Å²) in [6.07, 6.45) is -4.74. The van der Waals surface area contributed by atoms with Crippen molar-refractivity contribution in [2.45, 2.75) is 25.9 Å². The van der Waals surface area contributed by atoms with E-state index in [-0.39, 0.29) is 6.42 Å². The molecule has 1 rings (SSSR count). The van der Waals surface area contributed by atoms with Gasteiger partial charge in [0, 0.05) is 6.42 Å². The van der Waals surface area contributed by atoms with E-state index in [1.54, 1.807) is 6.92 Å². The van der Waals surface area contributed by atoms with E-state index in [0.29, 0.717) is 11.1 Å². The molecule has 1 aromatic carbocycles. The summed E-state index contributed by atoms with van der Waals surface area (Å²) in [4.78, 5) is 0. The van der Waals surface area contributed by atoms with Crippen molar-refractivity contribution >= 4 is 0 Å². The Kier molecular flexibility index (Phi) is 3.52. The Bertz CT molecular complexity index is 312. The first kappa shape index (κ1) is 11.0. The van der Waals surface area contributed by atoms with E-state index in [1.807, 2.05) is 0 Å². The summed E-state index contributed by atoms with van der Waals surface area (Å²) in [6.45, 7) is 1.69. The number of aliphatic hydroxyl groups excluding tert-OH is 1. The van der Waals surface area contributed by atoms with Gasteiger partial charge < -0.3 is 5.11 Å². The topological polar surface area (TPSA) is 20.2 Å². The normalized spacial score (nSPS) is 13.3. The van der Waals surface area contributed by atoms with Crippen LogP contribution in [0.5, 0.6) is 0 Å². The van der Waals surface area contributed by atoms with Gasteiger partial charge in [-0.3, -0.25) is 0 Å². The van der Waals surface area contributed by atoms with Crippen LogP contribution in [-0.2, 0) is 6.42 Å². The molecule has 0 aliphatic heterocycles. The van der Waals surface area contributed by atoms with Gasteiger partial charge in [-0.05, 0) is 30.2 Å². The zero-order valence-electron chi connectivity index (χ0n) is 7.67. The number of alkyl halides is 2. The SMILES string of the molecule is Cc1ccc(F)cc1CC(O)C(F)F. The number of halogens is 3. The summed E-state index contributed by atoms with van der Waals surface area (Å²) < 4.78 is 36.7. The number of hydrogen-bond acceptors (Lipinski definition) is 1. The average molecular weight is 204 g/mol. The van der Waals surface area contributed by atoms with Crippen LogP contribution in [0.25, 0.3) is 0 Å². The van der Waals surface area contributed by atoms with Crippen molar-refractivity contribution < 1.29 is 18.3 Å². The van der Waals surface area contributed by atoms with E-state index < -0.39 is 18.3 Å². The van der Waals surface area contributed by atoms with Crippen LogP contribution in [-0.4, -0.2) is 17.6 Å². The summed E-state index contributed by atoms with van der Waals surface area (Å²) in [6, 6.07) is 3.93. The third-order valence-corrected chi connectivity index (χ3v) is 2.03. The first-order valence-electron chi connectivity index (χ1n) is 4.22. The zero-order valence-corrected chi connectivity index (χ0v) is 7.67. The van der Waals surface area contributed by atoms with Crippen molar-refractivity contribution in [2.24, 2.45) is 0 Å². The Morgan fingerprint density at radius 2 is 2.00 bits per heavy atom. The zero-order chi connectivity index (χ0) is 10.7. The molecule has 0 aliphatic rings. The molecule has 0 aliphatic carbocycles. The minimum absolute atomic E-state index is 0.221. The van der Waals surface area contributed by atoms with E-state index in [1.165, 1.54) is 18.2 Å². The third kappa shape index (κ3) is 2.73. The molecule has 0 fully saturated rings. The second kappa shape index (κ2) is 4.46. The van der Waals surface area contributed by atoms with Crippen molar-refractivity contribution in [2.75, 3.05) is 0 Å². The Labute approximate surface area is 80.2 Å². The largest absolute Gasteiger partial charge is 0.387 e. The van der Waals surface area contributed by atoms with Crippen molar-refractivity contribution in [1.29, 1.82) is 0 Å². The molecule has 1 unspecified atom stereocenters. The summed E-state index contributed by atoms with van der Waals surface area (Å²) in [7, 11) is 0. The van der Waals surface area contributed by atoms with Gasteiger partial charge in [-0.25, -0.2) is 13.2 Å². The predicted octanol–water partition coefficient (Wildman–Crippen LogP) is 2.30. The molecule has 0 heterocycles. The van der Waals surface area contributed by atoms with Gasteiger partial charge in [-0.1, -0.05) is 6.07 Å². The maximum atomic E-state index is 12.7. The molecule has 0 aromatic heterocycles. The van der Waals surface area contributed by atoms with Crippen LogP contribution >= 0.6 is 0 Å². The van der Waals surface area contributed by atoms with Crippen LogP contribution in [0, 0.1) is 12.7 Å². The summed E-state index contributed by atoms with van der Waals surface area (Å²) >= 11 is 0. The second-order valence-electron chi connectivity index (χ2n) is 3.18. The Morgan fingerprint density at radius 1 is 1.36 bits per heavy atom. The van der Waals surface area contributed by atoms with Crippen molar-refractivity contribution in [3.05, 3.63) is 35.1 Å². The number of aliphatic hydroxyl groups is 1. The van der Waals surface area contributed by atoms with Crippen LogP contribution < -0.4 is 0 Å². The van der Waals surface area contributed by atoms with Crippen molar-refractivity contribution in [3.8, 4) is 0 Å². The molecule has 78 valence electrons. The maximum Gasteiger partial charge on any atom is 0.264 e. The molecule has 1 nitrogen and oxygen atoms in total. The Hall–Kier alpha value is -1.03. The molecule has 14 heavy (non-hydrogen) atoms. The van der Waals surface area contributed by atoms with E-state index in [9.17, 15) is 13.2 Å². The highest BCUT2D eigenvalue weighted by atomic mass is 19.3. The molecule has 0 radical (unpaired) electrons. The molecule has 0 bridgehead atoms. The fraction of sp³-hybridized carbons (Fsp3) is 0.400. The van der Waals surface area contributed by atoms with E-state index in [0.717, 1.165) is 0 Å². The molecular formula is C10H11F3O. The molecule has 1 N–H and O–H groups in total. The van der Waals surface area contributed by atoms with Crippen molar-refractivity contribution in [1.82, 2.24) is 0 Å². The quantitative estimate of drug-likeness (QED) is 0.801. The highest BCUT2D eigenvalue weighted by Crippen LogP contribution is 2.15. The Balaban J connectivity index is 2.80. The average Bonchev–Trinajstić information content (AvgIpc) is 2.11. The van der Waals surface area contributed by atoms with Gasteiger partial charge in [0.15, 0.2) is 0 Å². The standard InChI is InChI=1S/C10H11F3O/c1-6-2-3-8(11)4-7(6)5-9(14)10(12)13/h2-4,9-10,14H,5H2,1H3. The van der Waals surface area contributed by atoms with Gasteiger partial charge in [-0.2, -0.15) is 0 Å². The first-order valence-corrected chi connectivity index (χ1v) is 4.22. The van der Waals surface area contributed by atoms with Gasteiger partial charge >= 0.3 is 0 Å². The Morgan fingerprint density at radius 3 is 2.57 bits per heavy atom. The van der Waals surface area contributed by atoms with Crippen LogP contribution in [0.2, 0.25) is 0 Å². The summed E-state index contributed by atoms with van der Waals surface area (Å²) in [5.74, 6) is -0.480. The van der Waals surface area contributed by atoms with Gasteiger partial charge in [0.1, 0.15) is 11.9 Å². The van der Waals surface area contributed by atoms with Gasteiger partial charge in [0.2, 0.25) is 0 Å². The smallest absolute Gasteiger partial charge is 0.264 e. The van der Waals surface area contributed by atoms with Crippen LogP contribution in [0.15, 0.2) is 18.2 Å². The fourth-order valence-corrected chi connectivity index (χ4v) is 1.17. The van der Waals surface area contributed by atoms with Crippen molar-refractivity contribution in [3.63, 3.8) is 0 Å². The van der Waals surface area contributed by atoms with E-state index >= 15 is 0 Å². The van der Waals surface area contributed by atoms with Gasteiger partial charge in [-0.15, -0.1) is 0 Å². The monoisotopic (exact) mass is 204 g/mol. The molecule has 0 saturated carbocycles. The third-order valence-electron chi connectivity index (χ3n) is 2.03. The predicted molar refractivity (Wildman–Crippen MR) is 46.9 cm³/mol. The molecule has 1 atom stereocenters. The minimum atomic E-state index is -2.79. The number of benzene rings is 1. The number of aryl methyl sites for hydroxylation is 1. The number of rotatable bonds is 3. The molecule has 0 spiro atoms. The lowest BCUT2D eigenvalue weighted by Crippen LogP contribution is -2.20. The van der Waals surface area contributed by atoms with Gasteiger partial charge in [0.25, 0.3) is 6.43 Å². The molecule has 0 amide bonds. The maximum absolute atomic E-state index is 12.7. The van der Waals surface area contributed by atoms with E-state index in [2.05, 4.69) is 0 Å². The number of hydrogen-bond donors (Lipinski definition) is 1. The van der Waals surface area contributed by atoms with E-state index in [4.69, 9.17) is 5.11 Å². The minimum Gasteiger partial charge on any atom is -0.387 e. The molecule has 0 saturated heterocycles. The lowest BCUT2D eigenvalue weighted by Gasteiger charge is -2.11. The molecule has 1 aromatic rings. The highest BCUT2D eigenvalue weighted by Gasteiger charge is 2.18. The lowest BCUT2D eigenvalue weighted by molar-refractivity contribution is -0.00375. The summed E-state index contributed by atoms with van der Waals surface area (Å²) in [5, 5.41) is 8.92. The molecule has 4 heteroatoms.